The molecule has 0 radical (unpaired) electrons. The number of nitrogens with zero attached hydrogens (tertiary/aromatic N) is 2. The quantitative estimate of drug-likeness (QED) is 0.452. The van der Waals surface area contributed by atoms with Gasteiger partial charge in [0.25, 0.3) is 0 Å². The average molecular weight is 402 g/mol. The molecule has 0 spiro atoms. The second-order valence-electron chi connectivity index (χ2n) is 5.71. The van der Waals surface area contributed by atoms with Gasteiger partial charge in [-0.1, -0.05) is 25.1 Å². The molecule has 0 amide bonds. The van der Waals surface area contributed by atoms with Crippen LogP contribution in [0.15, 0.2) is 35.3 Å². The van der Waals surface area contributed by atoms with Crippen molar-refractivity contribution >= 4 is 35.6 Å². The molecule has 0 heterocycles. The molecule has 21 heavy (non-hydrogen) atoms. The summed E-state index contributed by atoms with van der Waals surface area (Å²) >= 11 is 0. The highest BCUT2D eigenvalue weighted by Gasteiger charge is 2.33. The van der Waals surface area contributed by atoms with Gasteiger partial charge in [-0.2, -0.15) is 0 Å². The van der Waals surface area contributed by atoms with E-state index in [4.69, 9.17) is 0 Å². The number of nitrogens with one attached hydrogen (secondary N) is 2. The van der Waals surface area contributed by atoms with E-state index in [9.17, 15) is 0 Å². The molecule has 118 valence electrons. The van der Waals surface area contributed by atoms with Crippen LogP contribution in [0.25, 0.3) is 0 Å². The number of likely N-dealkylation sites (N-methyl/N-ethyl adjacent to an activating group) is 1. The van der Waals surface area contributed by atoms with Gasteiger partial charge in [0.15, 0.2) is 5.96 Å². The van der Waals surface area contributed by atoms with E-state index in [2.05, 4.69) is 65.7 Å². The number of para-hydroxylation sites is 1. The molecule has 1 fully saturated rings. The van der Waals surface area contributed by atoms with Crippen molar-refractivity contribution in [1.82, 2.24) is 10.6 Å². The summed E-state index contributed by atoms with van der Waals surface area (Å²) in [6, 6.07) is 11.5. The Kier molecular flexibility index (Phi) is 7.28. The molecule has 2 N–H and O–H groups in total. The summed E-state index contributed by atoms with van der Waals surface area (Å²) in [7, 11) is 3.95. The van der Waals surface area contributed by atoms with Crippen LogP contribution in [0.3, 0.4) is 0 Å². The van der Waals surface area contributed by atoms with E-state index in [1.54, 1.807) is 0 Å². The predicted molar refractivity (Wildman–Crippen MR) is 102 cm³/mol. The summed E-state index contributed by atoms with van der Waals surface area (Å²) in [4.78, 5) is 6.56. The first kappa shape index (κ1) is 18.1. The van der Waals surface area contributed by atoms with E-state index in [1.807, 2.05) is 13.1 Å². The lowest BCUT2D eigenvalue weighted by Crippen LogP contribution is -2.45. The lowest BCUT2D eigenvalue weighted by atomic mass is 10.2. The predicted octanol–water partition coefficient (Wildman–Crippen LogP) is 2.70. The van der Waals surface area contributed by atoms with Gasteiger partial charge >= 0.3 is 0 Å². The van der Waals surface area contributed by atoms with Crippen molar-refractivity contribution in [2.45, 2.75) is 32.4 Å². The van der Waals surface area contributed by atoms with E-state index in [-0.39, 0.29) is 24.0 Å². The van der Waals surface area contributed by atoms with Crippen LogP contribution in [-0.4, -0.2) is 38.7 Å². The molecule has 2 rings (SSSR count). The molecule has 0 aromatic heterocycles. The van der Waals surface area contributed by atoms with E-state index in [1.165, 1.54) is 12.1 Å². The van der Waals surface area contributed by atoms with Gasteiger partial charge in [-0.15, -0.1) is 24.0 Å². The SMILES string of the molecule is CN=C(NCC(C)N(C)c1ccccc1)NC1CC1C.I. The Morgan fingerprint density at radius 2 is 2.00 bits per heavy atom. The lowest BCUT2D eigenvalue weighted by Gasteiger charge is -2.27. The Balaban J connectivity index is 0.00000220. The number of hydrogen-bond acceptors (Lipinski definition) is 2. The van der Waals surface area contributed by atoms with E-state index >= 15 is 0 Å². The van der Waals surface area contributed by atoms with Crippen molar-refractivity contribution in [2.24, 2.45) is 10.9 Å². The molecule has 1 aromatic carbocycles. The minimum atomic E-state index is 0. The molecule has 1 aromatic rings. The molecular formula is C16H27IN4. The number of halogens is 1. The van der Waals surface area contributed by atoms with Gasteiger partial charge < -0.3 is 15.5 Å². The first-order valence-electron chi connectivity index (χ1n) is 7.37. The van der Waals surface area contributed by atoms with Crippen LogP contribution in [-0.2, 0) is 0 Å². The van der Waals surface area contributed by atoms with Gasteiger partial charge in [0.2, 0.25) is 0 Å². The zero-order valence-electron chi connectivity index (χ0n) is 13.3. The zero-order chi connectivity index (χ0) is 14.5. The Morgan fingerprint density at radius 3 is 2.52 bits per heavy atom. The number of hydrogen-bond donors (Lipinski definition) is 2. The number of benzene rings is 1. The summed E-state index contributed by atoms with van der Waals surface area (Å²) < 4.78 is 0. The van der Waals surface area contributed by atoms with Crippen molar-refractivity contribution < 1.29 is 0 Å². The van der Waals surface area contributed by atoms with Crippen molar-refractivity contribution in [3.05, 3.63) is 30.3 Å². The van der Waals surface area contributed by atoms with Crippen LogP contribution in [0.5, 0.6) is 0 Å². The Morgan fingerprint density at radius 1 is 1.38 bits per heavy atom. The molecule has 0 aliphatic heterocycles. The first-order chi connectivity index (χ1) is 9.61. The van der Waals surface area contributed by atoms with Crippen LogP contribution in [0.4, 0.5) is 5.69 Å². The molecule has 1 aliphatic carbocycles. The fraction of sp³-hybridized carbons (Fsp3) is 0.562. The van der Waals surface area contributed by atoms with E-state index in [0.29, 0.717) is 12.1 Å². The van der Waals surface area contributed by atoms with E-state index in [0.717, 1.165) is 18.4 Å². The highest BCUT2D eigenvalue weighted by molar-refractivity contribution is 14.0. The van der Waals surface area contributed by atoms with Crippen LogP contribution in [0, 0.1) is 5.92 Å². The molecular weight excluding hydrogens is 375 g/mol. The molecule has 3 unspecified atom stereocenters. The maximum Gasteiger partial charge on any atom is 0.191 e. The number of guanidine groups is 1. The molecule has 5 heteroatoms. The summed E-state index contributed by atoms with van der Waals surface area (Å²) in [5, 5.41) is 6.85. The van der Waals surface area contributed by atoms with Gasteiger partial charge in [0, 0.05) is 38.4 Å². The highest BCUT2D eigenvalue weighted by atomic mass is 127. The molecule has 0 saturated heterocycles. The van der Waals surface area contributed by atoms with Crippen LogP contribution in [0.1, 0.15) is 20.3 Å². The third-order valence-electron chi connectivity index (χ3n) is 4.04. The standard InChI is InChI=1S/C16H26N4.HI/c1-12-10-15(12)19-16(17-3)18-11-13(2)20(4)14-8-6-5-7-9-14;/h5-9,12-13,15H,10-11H2,1-4H3,(H2,17,18,19);1H. The zero-order valence-corrected chi connectivity index (χ0v) is 15.7. The number of rotatable bonds is 5. The Labute approximate surface area is 145 Å². The molecule has 4 nitrogen and oxygen atoms in total. The maximum absolute atomic E-state index is 4.28. The van der Waals surface area contributed by atoms with Gasteiger partial charge in [-0.3, -0.25) is 4.99 Å². The van der Waals surface area contributed by atoms with E-state index < -0.39 is 0 Å². The Bertz CT molecular complexity index is 449. The minimum absolute atomic E-state index is 0. The smallest absolute Gasteiger partial charge is 0.191 e. The van der Waals surface area contributed by atoms with Crippen LogP contribution in [0.2, 0.25) is 0 Å². The second kappa shape index (κ2) is 8.46. The van der Waals surface area contributed by atoms with Crippen molar-refractivity contribution in [2.75, 3.05) is 25.5 Å². The van der Waals surface area contributed by atoms with Gasteiger partial charge in [0.05, 0.1) is 0 Å². The van der Waals surface area contributed by atoms with Gasteiger partial charge in [0.1, 0.15) is 0 Å². The van der Waals surface area contributed by atoms with Gasteiger partial charge in [-0.05, 0) is 31.4 Å². The normalized spacial score (nSPS) is 22.0. The van der Waals surface area contributed by atoms with Crippen LogP contribution < -0.4 is 15.5 Å². The van der Waals surface area contributed by atoms with Crippen LogP contribution >= 0.6 is 24.0 Å². The summed E-state index contributed by atoms with van der Waals surface area (Å²) in [6.45, 7) is 5.34. The topological polar surface area (TPSA) is 39.7 Å². The highest BCUT2D eigenvalue weighted by Crippen LogP contribution is 2.28. The molecule has 1 aliphatic rings. The number of anilines is 1. The third kappa shape index (κ3) is 5.37. The fourth-order valence-electron chi connectivity index (χ4n) is 2.19. The number of aliphatic imine (C=N–C) groups is 1. The lowest BCUT2D eigenvalue weighted by molar-refractivity contribution is 0.645. The van der Waals surface area contributed by atoms with Crippen molar-refractivity contribution in [3.8, 4) is 0 Å². The minimum Gasteiger partial charge on any atom is -0.370 e. The fourth-order valence-corrected chi connectivity index (χ4v) is 2.19. The average Bonchev–Trinajstić information content (AvgIpc) is 3.18. The molecule has 0 bridgehead atoms. The largest absolute Gasteiger partial charge is 0.370 e. The van der Waals surface area contributed by atoms with Crippen molar-refractivity contribution in [1.29, 1.82) is 0 Å². The summed E-state index contributed by atoms with van der Waals surface area (Å²) in [5.74, 6) is 1.69. The second-order valence-corrected chi connectivity index (χ2v) is 5.71. The molecule has 1 saturated carbocycles. The third-order valence-corrected chi connectivity index (χ3v) is 4.04. The Hall–Kier alpha value is -0.980. The monoisotopic (exact) mass is 402 g/mol. The van der Waals surface area contributed by atoms with Gasteiger partial charge in [-0.25, -0.2) is 0 Å². The summed E-state index contributed by atoms with van der Waals surface area (Å²) in [5.41, 5.74) is 1.24. The van der Waals surface area contributed by atoms with Crippen molar-refractivity contribution in [3.63, 3.8) is 0 Å². The maximum atomic E-state index is 4.28. The molecule has 3 atom stereocenters. The summed E-state index contributed by atoms with van der Waals surface area (Å²) in [6.07, 6.45) is 1.25. The first-order valence-corrected chi connectivity index (χ1v) is 7.37.